The number of carbonyl (C=O) groups is 3. The summed E-state index contributed by atoms with van der Waals surface area (Å²) < 4.78 is 11.2. The molecule has 238 valence electrons. The highest BCUT2D eigenvalue weighted by atomic mass is 16.7. The number of amides is 2. The number of carbonyl (C=O) groups excluding carboxylic acids is 1. The zero-order chi connectivity index (χ0) is 31.2. The van der Waals surface area contributed by atoms with E-state index in [0.29, 0.717) is 36.5 Å². The SMILES string of the molecule is O=C(O)NC(CC1C2CC/C=C/CCC21)C(OC(=O)Oc1ccc([N+](=O)[O-])cc1)C(CC1C2CC/C=C/CCC21)NC(=O)O. The van der Waals surface area contributed by atoms with Gasteiger partial charge in [0, 0.05) is 12.1 Å². The lowest BCUT2D eigenvalue weighted by molar-refractivity contribution is -0.384. The van der Waals surface area contributed by atoms with Crippen LogP contribution in [0.1, 0.15) is 64.2 Å². The van der Waals surface area contributed by atoms with Gasteiger partial charge >= 0.3 is 18.3 Å². The van der Waals surface area contributed by atoms with Gasteiger partial charge in [0.2, 0.25) is 0 Å². The molecule has 4 aliphatic rings. The van der Waals surface area contributed by atoms with Crippen molar-refractivity contribution in [1.29, 1.82) is 0 Å². The van der Waals surface area contributed by atoms with E-state index in [1.807, 2.05) is 0 Å². The lowest BCUT2D eigenvalue weighted by Crippen LogP contribution is -2.56. The van der Waals surface area contributed by atoms with Crippen molar-refractivity contribution in [2.75, 3.05) is 0 Å². The molecule has 12 heteroatoms. The van der Waals surface area contributed by atoms with Gasteiger partial charge in [-0.3, -0.25) is 10.1 Å². The molecule has 0 heterocycles. The molecule has 6 atom stereocenters. The Morgan fingerprint density at radius 3 is 1.55 bits per heavy atom. The number of nitro benzene ring substituents is 1. The minimum Gasteiger partial charge on any atom is -0.465 e. The molecule has 4 N–H and O–H groups in total. The van der Waals surface area contributed by atoms with E-state index in [0.717, 1.165) is 51.4 Å². The lowest BCUT2D eigenvalue weighted by Gasteiger charge is -2.33. The van der Waals surface area contributed by atoms with Gasteiger partial charge in [0.1, 0.15) is 11.9 Å². The predicted molar refractivity (Wildman–Crippen MR) is 159 cm³/mol. The van der Waals surface area contributed by atoms with E-state index in [1.165, 1.54) is 24.3 Å². The van der Waals surface area contributed by atoms with Crippen LogP contribution < -0.4 is 15.4 Å². The van der Waals surface area contributed by atoms with Crippen LogP contribution in [0.5, 0.6) is 5.75 Å². The summed E-state index contributed by atoms with van der Waals surface area (Å²) in [5, 5.41) is 35.8. The van der Waals surface area contributed by atoms with E-state index in [1.54, 1.807) is 0 Å². The maximum atomic E-state index is 13.2. The number of hydrogen-bond donors (Lipinski definition) is 4. The average molecular weight is 612 g/mol. The molecular weight excluding hydrogens is 570 g/mol. The third-order valence-electron chi connectivity index (χ3n) is 9.96. The van der Waals surface area contributed by atoms with E-state index in [4.69, 9.17) is 9.47 Å². The van der Waals surface area contributed by atoms with Gasteiger partial charge in [0.15, 0.2) is 0 Å². The molecule has 12 nitrogen and oxygen atoms in total. The standard InChI is InChI=1S/C32H41N3O9/c36-30(37)33-27(17-25-21-9-5-1-2-6-10-22(21)25)29(44-32(40)43-20-15-13-19(14-16-20)35(41)42)28(34-31(38)39)18-26-23-11-7-3-4-8-12-24(23)26/h1-4,13-16,21-29,33-34H,5-12,17-18H2,(H,36,37)(H,38,39)/b2-1+,4-3+. The number of non-ortho nitro benzene ring substituents is 1. The van der Waals surface area contributed by atoms with E-state index in [9.17, 15) is 34.7 Å². The predicted octanol–water partition coefficient (Wildman–Crippen LogP) is 6.52. The summed E-state index contributed by atoms with van der Waals surface area (Å²) in [4.78, 5) is 47.7. The molecule has 0 saturated heterocycles. The summed E-state index contributed by atoms with van der Waals surface area (Å²) >= 11 is 0. The number of ether oxygens (including phenoxy) is 2. The van der Waals surface area contributed by atoms with Crippen LogP contribution in [0.25, 0.3) is 0 Å². The minimum atomic E-state index is -1.29. The first-order valence-corrected chi connectivity index (χ1v) is 15.6. The number of benzene rings is 1. The molecule has 0 spiro atoms. The molecule has 44 heavy (non-hydrogen) atoms. The Hall–Kier alpha value is -4.09. The number of nitrogens with one attached hydrogen (secondary N) is 2. The smallest absolute Gasteiger partial charge is 0.465 e. The van der Waals surface area contributed by atoms with Crippen molar-refractivity contribution < 1.29 is 39.0 Å². The van der Waals surface area contributed by atoms with Gasteiger partial charge in [0.25, 0.3) is 5.69 Å². The van der Waals surface area contributed by atoms with Crippen LogP contribution in [0.15, 0.2) is 48.6 Å². The fourth-order valence-electron chi connectivity index (χ4n) is 7.85. The van der Waals surface area contributed by atoms with Crippen LogP contribution in [-0.4, -0.2) is 51.7 Å². The van der Waals surface area contributed by atoms with Gasteiger partial charge in [-0.05, 0) is 112 Å². The molecule has 0 aromatic heterocycles. The Kier molecular flexibility index (Phi) is 10.1. The third kappa shape index (κ3) is 8.09. The van der Waals surface area contributed by atoms with Crippen LogP contribution in [0.2, 0.25) is 0 Å². The molecule has 2 saturated carbocycles. The number of nitrogens with zero attached hydrogens (tertiary/aromatic N) is 1. The van der Waals surface area contributed by atoms with Crippen LogP contribution in [-0.2, 0) is 4.74 Å². The summed E-state index contributed by atoms with van der Waals surface area (Å²) in [6.45, 7) is 0. The van der Waals surface area contributed by atoms with Crippen LogP contribution in [0.4, 0.5) is 20.1 Å². The summed E-state index contributed by atoms with van der Waals surface area (Å²) in [6.07, 6.45) is 12.4. The Morgan fingerprint density at radius 1 is 0.773 bits per heavy atom. The van der Waals surface area contributed by atoms with Crippen molar-refractivity contribution in [2.24, 2.45) is 35.5 Å². The van der Waals surface area contributed by atoms with Gasteiger partial charge in [-0.15, -0.1) is 0 Å². The van der Waals surface area contributed by atoms with Gasteiger partial charge in [-0.25, -0.2) is 14.4 Å². The summed E-state index contributed by atoms with van der Waals surface area (Å²) in [7, 11) is 0. The summed E-state index contributed by atoms with van der Waals surface area (Å²) in [6, 6.07) is 3.14. The normalized spacial score (nSPS) is 30.5. The monoisotopic (exact) mass is 611 g/mol. The highest BCUT2D eigenvalue weighted by Crippen LogP contribution is 2.57. The van der Waals surface area contributed by atoms with E-state index in [2.05, 4.69) is 34.9 Å². The molecule has 2 amide bonds. The second-order valence-electron chi connectivity index (χ2n) is 12.5. The molecule has 1 aromatic carbocycles. The third-order valence-corrected chi connectivity index (χ3v) is 9.96. The van der Waals surface area contributed by atoms with E-state index < -0.39 is 41.5 Å². The van der Waals surface area contributed by atoms with E-state index >= 15 is 0 Å². The maximum Gasteiger partial charge on any atom is 0.514 e. The first-order chi connectivity index (χ1) is 21.2. The topological polar surface area (TPSA) is 177 Å². The number of carboxylic acid groups (broad SMARTS) is 2. The van der Waals surface area contributed by atoms with Crippen molar-refractivity contribution in [2.45, 2.75) is 82.4 Å². The summed E-state index contributed by atoms with van der Waals surface area (Å²) in [5.41, 5.74) is -0.180. The molecule has 4 aliphatic carbocycles. The molecule has 0 aliphatic heterocycles. The van der Waals surface area contributed by atoms with Crippen LogP contribution >= 0.6 is 0 Å². The molecular formula is C32H41N3O9. The molecule has 0 bridgehead atoms. The van der Waals surface area contributed by atoms with Crippen LogP contribution in [0.3, 0.4) is 0 Å². The highest BCUT2D eigenvalue weighted by Gasteiger charge is 2.53. The second-order valence-corrected chi connectivity index (χ2v) is 12.5. The first-order valence-electron chi connectivity index (χ1n) is 15.6. The highest BCUT2D eigenvalue weighted by molar-refractivity contribution is 5.67. The van der Waals surface area contributed by atoms with Gasteiger partial charge in [0.05, 0.1) is 17.0 Å². The Labute approximate surface area is 256 Å². The maximum absolute atomic E-state index is 13.2. The average Bonchev–Trinajstić information content (AvgIpc) is 3.78. The minimum absolute atomic E-state index is 0.00580. The Balaban J connectivity index is 1.38. The molecule has 2 fully saturated rings. The fourth-order valence-corrected chi connectivity index (χ4v) is 7.85. The van der Waals surface area contributed by atoms with Crippen molar-refractivity contribution in [3.63, 3.8) is 0 Å². The molecule has 0 radical (unpaired) electrons. The number of allylic oxidation sites excluding steroid dienone is 4. The zero-order valence-corrected chi connectivity index (χ0v) is 24.6. The number of hydrogen-bond acceptors (Lipinski definition) is 7. The van der Waals surface area contributed by atoms with Crippen molar-refractivity contribution in [3.05, 3.63) is 58.7 Å². The van der Waals surface area contributed by atoms with Gasteiger partial charge in [-0.1, -0.05) is 24.3 Å². The number of fused-ring (bicyclic) bond motifs is 2. The van der Waals surface area contributed by atoms with E-state index in [-0.39, 0.29) is 23.3 Å². The quantitative estimate of drug-likeness (QED) is 0.0713. The fraction of sp³-hybridized carbons (Fsp3) is 0.594. The largest absolute Gasteiger partial charge is 0.514 e. The Morgan fingerprint density at radius 2 is 1.18 bits per heavy atom. The van der Waals surface area contributed by atoms with Crippen molar-refractivity contribution in [3.8, 4) is 5.75 Å². The van der Waals surface area contributed by atoms with Crippen molar-refractivity contribution >= 4 is 24.0 Å². The number of rotatable bonds is 11. The number of nitro groups is 1. The van der Waals surface area contributed by atoms with Gasteiger partial charge in [-0.2, -0.15) is 0 Å². The van der Waals surface area contributed by atoms with Gasteiger partial charge < -0.3 is 30.3 Å². The second kappa shape index (κ2) is 14.1. The first kappa shape index (κ1) is 31.3. The van der Waals surface area contributed by atoms with Crippen LogP contribution in [0, 0.1) is 45.6 Å². The molecule has 5 rings (SSSR count). The van der Waals surface area contributed by atoms with Crippen molar-refractivity contribution in [1.82, 2.24) is 10.6 Å². The lowest BCUT2D eigenvalue weighted by atomic mass is 9.92. The molecule has 1 aromatic rings. The zero-order valence-electron chi connectivity index (χ0n) is 24.6. The summed E-state index contributed by atoms with van der Waals surface area (Å²) in [5.74, 6) is 2.18. The Bertz CT molecular complexity index is 1170. The molecule has 6 unspecified atom stereocenters.